The van der Waals surface area contributed by atoms with E-state index in [4.69, 9.17) is 0 Å². The Hall–Kier alpha value is -0.0400. The zero-order valence-electron chi connectivity index (χ0n) is 8.48. The summed E-state index contributed by atoms with van der Waals surface area (Å²) in [5.74, 6) is 1.62. The van der Waals surface area contributed by atoms with Gasteiger partial charge in [0.05, 0.1) is 0 Å². The molecule has 1 radical (unpaired) electrons. The third-order valence-electron chi connectivity index (χ3n) is 2.35. The van der Waals surface area contributed by atoms with Crippen molar-refractivity contribution in [3.63, 3.8) is 0 Å². The van der Waals surface area contributed by atoms with Crippen molar-refractivity contribution in [1.29, 1.82) is 0 Å². The van der Waals surface area contributed by atoms with E-state index in [0.29, 0.717) is 0 Å². The molecule has 0 amide bonds. The predicted octanol–water partition coefficient (Wildman–Crippen LogP) is 2.72. The van der Waals surface area contributed by atoms with Crippen LogP contribution in [0.2, 0.25) is 0 Å². The van der Waals surface area contributed by atoms with Gasteiger partial charge in [-0.15, -0.1) is 0 Å². The fourth-order valence-corrected chi connectivity index (χ4v) is 1.07. The summed E-state index contributed by atoms with van der Waals surface area (Å²) in [6, 6.07) is 0. The summed E-state index contributed by atoms with van der Waals surface area (Å²) in [7, 11) is 0. The number of rotatable bonds is 6. The smallest absolute Gasteiger partial charge is 0.00136 e. The van der Waals surface area contributed by atoms with Crippen molar-refractivity contribution < 1.29 is 0 Å². The van der Waals surface area contributed by atoms with Crippen LogP contribution in [0, 0.1) is 5.92 Å². The Morgan fingerprint density at radius 3 is 2.00 bits per heavy atom. The van der Waals surface area contributed by atoms with Crippen molar-refractivity contribution in [1.82, 2.24) is 4.90 Å². The average Bonchev–Trinajstić information content (AvgIpc) is 2.06. The third kappa shape index (κ3) is 5.25. The zero-order valence-corrected chi connectivity index (χ0v) is 8.48. The monoisotopic (exact) mass is 156 g/mol. The van der Waals surface area contributed by atoms with Crippen LogP contribution >= 0.6 is 0 Å². The Kier molecular flexibility index (Phi) is 6.63. The molecule has 0 N–H and O–H groups in total. The van der Waals surface area contributed by atoms with Crippen LogP contribution in [0.3, 0.4) is 0 Å². The van der Waals surface area contributed by atoms with E-state index in [0.717, 1.165) is 0 Å². The summed E-state index contributed by atoms with van der Waals surface area (Å²) in [4.78, 5) is 2.47. The van der Waals surface area contributed by atoms with Gasteiger partial charge in [-0.05, 0) is 32.0 Å². The van der Waals surface area contributed by atoms with Crippen LogP contribution in [0.4, 0.5) is 0 Å². The molecule has 0 aliphatic rings. The fourth-order valence-electron chi connectivity index (χ4n) is 1.07. The SMILES string of the molecule is CC[C](C)CCN(CC)CC. The maximum absolute atomic E-state index is 2.47. The first-order valence-electron chi connectivity index (χ1n) is 4.78. The van der Waals surface area contributed by atoms with Gasteiger partial charge < -0.3 is 4.90 Å². The van der Waals surface area contributed by atoms with Gasteiger partial charge in [0.1, 0.15) is 0 Å². The highest BCUT2D eigenvalue weighted by Crippen LogP contribution is 2.09. The molecule has 0 aromatic carbocycles. The van der Waals surface area contributed by atoms with Crippen molar-refractivity contribution in [2.24, 2.45) is 0 Å². The summed E-state index contributed by atoms with van der Waals surface area (Å²) < 4.78 is 0. The van der Waals surface area contributed by atoms with Gasteiger partial charge >= 0.3 is 0 Å². The summed E-state index contributed by atoms with van der Waals surface area (Å²) in [6.07, 6.45) is 2.51. The minimum absolute atomic E-state index is 1.19. The van der Waals surface area contributed by atoms with Crippen LogP contribution in [-0.4, -0.2) is 24.5 Å². The Bertz CT molecular complexity index is 76.9. The number of hydrogen-bond acceptors (Lipinski definition) is 1. The topological polar surface area (TPSA) is 3.24 Å². The molecular formula is C10H22N. The molecule has 67 valence electrons. The molecule has 0 atom stereocenters. The van der Waals surface area contributed by atoms with E-state index in [1.165, 1.54) is 32.5 Å². The predicted molar refractivity (Wildman–Crippen MR) is 51.6 cm³/mol. The highest BCUT2D eigenvalue weighted by molar-refractivity contribution is 4.82. The van der Waals surface area contributed by atoms with Crippen molar-refractivity contribution in [3.8, 4) is 0 Å². The molecule has 0 heterocycles. The Labute approximate surface area is 71.8 Å². The van der Waals surface area contributed by atoms with Crippen LogP contribution in [0.15, 0.2) is 0 Å². The molecule has 0 saturated heterocycles. The standard InChI is InChI=1S/C10H22N/c1-5-10(4)8-9-11(6-2)7-3/h5-9H2,1-4H3. The van der Waals surface area contributed by atoms with Gasteiger partial charge in [-0.25, -0.2) is 0 Å². The highest BCUT2D eigenvalue weighted by atomic mass is 15.1. The maximum atomic E-state index is 2.47. The van der Waals surface area contributed by atoms with Gasteiger partial charge in [0.2, 0.25) is 0 Å². The number of hydrogen-bond donors (Lipinski definition) is 0. The second-order valence-electron chi connectivity index (χ2n) is 3.09. The molecule has 0 aliphatic heterocycles. The molecule has 0 aliphatic carbocycles. The molecule has 1 nitrogen and oxygen atoms in total. The highest BCUT2D eigenvalue weighted by Gasteiger charge is 2.02. The first-order valence-corrected chi connectivity index (χ1v) is 4.78. The molecule has 1 heteroatoms. The zero-order chi connectivity index (χ0) is 8.69. The minimum Gasteiger partial charge on any atom is -0.304 e. The van der Waals surface area contributed by atoms with Gasteiger partial charge in [-0.1, -0.05) is 34.1 Å². The largest absolute Gasteiger partial charge is 0.304 e. The molecule has 0 fully saturated rings. The van der Waals surface area contributed by atoms with E-state index >= 15 is 0 Å². The minimum atomic E-state index is 1.19. The van der Waals surface area contributed by atoms with Crippen LogP contribution < -0.4 is 0 Å². The van der Waals surface area contributed by atoms with Crippen molar-refractivity contribution >= 4 is 0 Å². The van der Waals surface area contributed by atoms with Crippen molar-refractivity contribution in [2.75, 3.05) is 19.6 Å². The summed E-state index contributed by atoms with van der Waals surface area (Å²) in [5, 5.41) is 0. The Balaban J connectivity index is 3.34. The van der Waals surface area contributed by atoms with E-state index in [-0.39, 0.29) is 0 Å². The molecule has 0 bridgehead atoms. The second kappa shape index (κ2) is 6.66. The normalized spacial score (nSPS) is 11.5. The molecule has 0 unspecified atom stereocenters. The van der Waals surface area contributed by atoms with Crippen LogP contribution in [-0.2, 0) is 0 Å². The lowest BCUT2D eigenvalue weighted by Gasteiger charge is -2.19. The van der Waals surface area contributed by atoms with E-state index < -0.39 is 0 Å². The fraction of sp³-hybridized carbons (Fsp3) is 0.900. The van der Waals surface area contributed by atoms with Gasteiger partial charge in [-0.2, -0.15) is 0 Å². The molecule has 0 rings (SSSR count). The van der Waals surface area contributed by atoms with E-state index in [1.54, 1.807) is 5.92 Å². The van der Waals surface area contributed by atoms with Crippen LogP contribution in [0.1, 0.15) is 40.5 Å². The molecule has 0 aromatic rings. The van der Waals surface area contributed by atoms with Crippen molar-refractivity contribution in [2.45, 2.75) is 40.5 Å². The van der Waals surface area contributed by atoms with E-state index in [2.05, 4.69) is 32.6 Å². The molecular weight excluding hydrogens is 134 g/mol. The molecule has 0 aromatic heterocycles. The molecule has 0 spiro atoms. The second-order valence-corrected chi connectivity index (χ2v) is 3.09. The summed E-state index contributed by atoms with van der Waals surface area (Å²) in [5.41, 5.74) is 0. The van der Waals surface area contributed by atoms with Gasteiger partial charge in [0, 0.05) is 0 Å². The molecule has 0 saturated carbocycles. The van der Waals surface area contributed by atoms with Gasteiger partial charge in [-0.3, -0.25) is 0 Å². The van der Waals surface area contributed by atoms with Gasteiger partial charge in [0.25, 0.3) is 0 Å². The third-order valence-corrected chi connectivity index (χ3v) is 2.35. The number of nitrogens with zero attached hydrogens (tertiary/aromatic N) is 1. The lowest BCUT2D eigenvalue weighted by molar-refractivity contribution is 0.301. The van der Waals surface area contributed by atoms with E-state index in [9.17, 15) is 0 Å². The molecule has 11 heavy (non-hydrogen) atoms. The lowest BCUT2D eigenvalue weighted by Crippen LogP contribution is -2.24. The van der Waals surface area contributed by atoms with Crippen molar-refractivity contribution in [3.05, 3.63) is 5.92 Å². The summed E-state index contributed by atoms with van der Waals surface area (Å²) in [6.45, 7) is 12.6. The van der Waals surface area contributed by atoms with Gasteiger partial charge in [0.15, 0.2) is 0 Å². The quantitative estimate of drug-likeness (QED) is 0.571. The Morgan fingerprint density at radius 2 is 1.64 bits per heavy atom. The first-order chi connectivity index (χ1) is 5.24. The average molecular weight is 156 g/mol. The van der Waals surface area contributed by atoms with Crippen LogP contribution in [0.5, 0.6) is 0 Å². The maximum Gasteiger partial charge on any atom is -0.00136 e. The van der Waals surface area contributed by atoms with E-state index in [1.807, 2.05) is 0 Å². The van der Waals surface area contributed by atoms with Crippen LogP contribution in [0.25, 0.3) is 0 Å². The summed E-state index contributed by atoms with van der Waals surface area (Å²) >= 11 is 0. The first kappa shape index (κ1) is 11.0. The Morgan fingerprint density at radius 1 is 1.09 bits per heavy atom. The lowest BCUT2D eigenvalue weighted by atomic mass is 10.1.